The van der Waals surface area contributed by atoms with Crippen LogP contribution >= 0.6 is 11.8 Å². The van der Waals surface area contributed by atoms with Gasteiger partial charge in [0.2, 0.25) is 5.95 Å². The van der Waals surface area contributed by atoms with E-state index >= 15 is 0 Å². The first-order valence-electron chi connectivity index (χ1n) is 12.9. The summed E-state index contributed by atoms with van der Waals surface area (Å²) in [4.78, 5) is 31.9. The van der Waals surface area contributed by atoms with Crippen molar-refractivity contribution < 1.29 is 14.3 Å². The van der Waals surface area contributed by atoms with Gasteiger partial charge in [-0.25, -0.2) is 4.98 Å². The van der Waals surface area contributed by atoms with E-state index < -0.39 is 0 Å². The molecule has 1 amide bonds. The van der Waals surface area contributed by atoms with Crippen LogP contribution in [0.3, 0.4) is 0 Å². The van der Waals surface area contributed by atoms with Crippen LogP contribution in [0.25, 0.3) is 22.3 Å². The standard InChI is InChI=1S/C27H32N6O3S/c1-18-15-35-11-10-33(18)24-21-6-7-22(19-4-3-5-20(14-19)25(34)28-2)29-23(21)30-26(31-24)32-9-12-36-27(16-32)8-13-37-17-27/h3-7,14,18H,8-13,15-17H2,1-2H3,(H,28,34)/t18-,27?/m0/s1. The van der Waals surface area contributed by atoms with Gasteiger partial charge >= 0.3 is 0 Å². The third-order valence-electron chi connectivity index (χ3n) is 7.41. The number of hydrogen-bond donors (Lipinski definition) is 1. The molecule has 0 radical (unpaired) electrons. The van der Waals surface area contributed by atoms with Crippen molar-refractivity contribution in [3.8, 4) is 11.3 Å². The van der Waals surface area contributed by atoms with Gasteiger partial charge in [-0.2, -0.15) is 21.7 Å². The highest BCUT2D eigenvalue weighted by atomic mass is 32.2. The Morgan fingerprint density at radius 2 is 2.08 bits per heavy atom. The molecule has 3 aromatic rings. The van der Waals surface area contributed by atoms with Crippen LogP contribution in [-0.4, -0.2) is 90.5 Å². The van der Waals surface area contributed by atoms with E-state index in [1.165, 1.54) is 0 Å². The molecule has 1 aromatic carbocycles. The molecule has 1 N–H and O–H groups in total. The van der Waals surface area contributed by atoms with Gasteiger partial charge in [-0.3, -0.25) is 4.79 Å². The fraction of sp³-hybridized carbons (Fsp3) is 0.481. The molecule has 0 saturated carbocycles. The Labute approximate surface area is 221 Å². The second kappa shape index (κ2) is 10.1. The van der Waals surface area contributed by atoms with Crippen LogP contribution < -0.4 is 15.1 Å². The maximum absolute atomic E-state index is 12.2. The fourth-order valence-electron chi connectivity index (χ4n) is 5.35. The van der Waals surface area contributed by atoms with E-state index in [-0.39, 0.29) is 17.6 Å². The summed E-state index contributed by atoms with van der Waals surface area (Å²) >= 11 is 1.95. The second-order valence-electron chi connectivity index (χ2n) is 9.95. The largest absolute Gasteiger partial charge is 0.377 e. The number of aromatic nitrogens is 3. The maximum Gasteiger partial charge on any atom is 0.251 e. The van der Waals surface area contributed by atoms with Gasteiger partial charge in [0.1, 0.15) is 5.82 Å². The molecule has 10 heteroatoms. The summed E-state index contributed by atoms with van der Waals surface area (Å²) < 4.78 is 12.0. The molecule has 1 unspecified atom stereocenters. The minimum absolute atomic E-state index is 0.122. The zero-order valence-corrected chi connectivity index (χ0v) is 22.1. The number of carbonyl (C=O) groups excluding carboxylic acids is 1. The number of hydrogen-bond acceptors (Lipinski definition) is 9. The Morgan fingerprint density at radius 1 is 1.16 bits per heavy atom. The van der Waals surface area contributed by atoms with Crippen molar-refractivity contribution in [2.45, 2.75) is 25.0 Å². The number of nitrogens with one attached hydrogen (secondary N) is 1. The van der Waals surface area contributed by atoms with Crippen LogP contribution in [-0.2, 0) is 9.47 Å². The third kappa shape index (κ3) is 4.73. The average molecular weight is 521 g/mol. The van der Waals surface area contributed by atoms with Gasteiger partial charge in [0.25, 0.3) is 5.91 Å². The minimum Gasteiger partial charge on any atom is -0.377 e. The van der Waals surface area contributed by atoms with Crippen molar-refractivity contribution in [1.29, 1.82) is 0 Å². The molecule has 2 atom stereocenters. The van der Waals surface area contributed by atoms with Gasteiger partial charge in [0.05, 0.1) is 49.1 Å². The Kier molecular flexibility index (Phi) is 6.64. The number of anilines is 2. The van der Waals surface area contributed by atoms with E-state index in [0.717, 1.165) is 60.0 Å². The highest BCUT2D eigenvalue weighted by molar-refractivity contribution is 7.99. The summed E-state index contributed by atoms with van der Waals surface area (Å²) in [6, 6.07) is 11.8. The number of benzene rings is 1. The topological polar surface area (TPSA) is 92.7 Å². The Morgan fingerprint density at radius 3 is 2.89 bits per heavy atom. The molecule has 6 rings (SSSR count). The maximum atomic E-state index is 12.2. The minimum atomic E-state index is -0.123. The van der Waals surface area contributed by atoms with Crippen LogP contribution in [0.2, 0.25) is 0 Å². The summed E-state index contributed by atoms with van der Waals surface area (Å²) in [5, 5.41) is 3.61. The van der Waals surface area contributed by atoms with Crippen LogP contribution in [0.5, 0.6) is 0 Å². The number of fused-ring (bicyclic) bond motifs is 1. The van der Waals surface area contributed by atoms with E-state index in [2.05, 4.69) is 28.1 Å². The molecule has 1 spiro atoms. The molecular formula is C27H32N6O3S. The second-order valence-corrected chi connectivity index (χ2v) is 11.1. The zero-order valence-electron chi connectivity index (χ0n) is 21.3. The first-order chi connectivity index (χ1) is 18.0. The van der Waals surface area contributed by atoms with Crippen molar-refractivity contribution >= 4 is 40.5 Å². The van der Waals surface area contributed by atoms with Crippen molar-refractivity contribution in [3.63, 3.8) is 0 Å². The lowest BCUT2D eigenvalue weighted by Crippen LogP contribution is -2.52. The highest BCUT2D eigenvalue weighted by Gasteiger charge is 2.41. The van der Waals surface area contributed by atoms with Crippen LogP contribution in [0.1, 0.15) is 23.7 Å². The van der Waals surface area contributed by atoms with E-state index in [9.17, 15) is 4.79 Å². The molecule has 3 aliphatic heterocycles. The summed E-state index contributed by atoms with van der Waals surface area (Å²) in [5.74, 6) is 3.61. The molecule has 0 bridgehead atoms. The summed E-state index contributed by atoms with van der Waals surface area (Å²) in [7, 11) is 1.63. The molecule has 194 valence electrons. The van der Waals surface area contributed by atoms with Crippen molar-refractivity contribution in [2.75, 3.05) is 67.8 Å². The van der Waals surface area contributed by atoms with Gasteiger partial charge in [-0.05, 0) is 43.4 Å². The highest BCUT2D eigenvalue weighted by Crippen LogP contribution is 2.36. The monoisotopic (exact) mass is 520 g/mol. The Bertz CT molecular complexity index is 1310. The van der Waals surface area contributed by atoms with Gasteiger partial charge in [-0.1, -0.05) is 12.1 Å². The predicted molar refractivity (Wildman–Crippen MR) is 147 cm³/mol. The molecule has 3 fully saturated rings. The lowest BCUT2D eigenvalue weighted by atomic mass is 10.0. The smallest absolute Gasteiger partial charge is 0.251 e. The lowest BCUT2D eigenvalue weighted by Gasteiger charge is -2.40. The molecule has 5 heterocycles. The number of morpholine rings is 2. The van der Waals surface area contributed by atoms with Gasteiger partial charge < -0.3 is 24.6 Å². The molecule has 2 aromatic heterocycles. The fourth-order valence-corrected chi connectivity index (χ4v) is 6.70. The van der Waals surface area contributed by atoms with E-state index in [4.69, 9.17) is 24.4 Å². The number of pyridine rings is 1. The SMILES string of the molecule is CNC(=O)c1cccc(-c2ccc3c(N4CCOC[C@@H]4C)nc(N4CCOC5(CCSC5)C4)nc3n2)c1. The normalized spacial score (nSPS) is 24.1. The summed E-state index contributed by atoms with van der Waals surface area (Å²) in [5.41, 5.74) is 2.78. The molecule has 0 aliphatic carbocycles. The number of nitrogens with zero attached hydrogens (tertiary/aromatic N) is 5. The zero-order chi connectivity index (χ0) is 25.4. The molecule has 3 aliphatic rings. The molecule has 3 saturated heterocycles. The summed E-state index contributed by atoms with van der Waals surface area (Å²) in [6.07, 6.45) is 1.05. The van der Waals surface area contributed by atoms with Crippen molar-refractivity contribution in [2.24, 2.45) is 0 Å². The van der Waals surface area contributed by atoms with E-state index in [0.29, 0.717) is 37.0 Å². The number of ether oxygens (including phenoxy) is 2. The Balaban J connectivity index is 1.44. The first kappa shape index (κ1) is 24.4. The van der Waals surface area contributed by atoms with Gasteiger partial charge in [0, 0.05) is 37.0 Å². The van der Waals surface area contributed by atoms with E-state index in [1.54, 1.807) is 13.1 Å². The quantitative estimate of drug-likeness (QED) is 0.557. The summed E-state index contributed by atoms with van der Waals surface area (Å²) in [6.45, 7) is 6.48. The lowest BCUT2D eigenvalue weighted by molar-refractivity contribution is -0.0360. The van der Waals surface area contributed by atoms with Gasteiger partial charge in [-0.15, -0.1) is 0 Å². The molecular weight excluding hydrogens is 488 g/mol. The van der Waals surface area contributed by atoms with Crippen molar-refractivity contribution in [3.05, 3.63) is 42.0 Å². The molecule has 9 nitrogen and oxygen atoms in total. The number of rotatable bonds is 4. The predicted octanol–water partition coefficient (Wildman–Crippen LogP) is 2.99. The van der Waals surface area contributed by atoms with Gasteiger partial charge in [0.15, 0.2) is 5.65 Å². The third-order valence-corrected chi connectivity index (χ3v) is 8.64. The van der Waals surface area contributed by atoms with Crippen LogP contribution in [0, 0.1) is 0 Å². The van der Waals surface area contributed by atoms with Crippen LogP contribution in [0.15, 0.2) is 36.4 Å². The van der Waals surface area contributed by atoms with Crippen LogP contribution in [0.4, 0.5) is 11.8 Å². The van der Waals surface area contributed by atoms with Crippen molar-refractivity contribution in [1.82, 2.24) is 20.3 Å². The number of amides is 1. The number of thioether (sulfide) groups is 1. The number of carbonyl (C=O) groups is 1. The molecule has 37 heavy (non-hydrogen) atoms. The van der Waals surface area contributed by atoms with E-state index in [1.807, 2.05) is 36.0 Å². The average Bonchev–Trinajstić information content (AvgIpc) is 3.39. The first-order valence-corrected chi connectivity index (χ1v) is 14.0. The Hall–Kier alpha value is -2.95.